The zero-order chi connectivity index (χ0) is 35.9. The Bertz CT molecular complexity index is 2050. The van der Waals surface area contributed by atoms with E-state index in [0.29, 0.717) is 35.9 Å². The van der Waals surface area contributed by atoms with Gasteiger partial charge in [-0.2, -0.15) is 5.10 Å². The second kappa shape index (κ2) is 13.9. The van der Waals surface area contributed by atoms with Crippen molar-refractivity contribution >= 4 is 51.9 Å². The average molecular weight is 707 g/mol. The minimum Gasteiger partial charge on any atom is -0.494 e. The summed E-state index contributed by atoms with van der Waals surface area (Å²) in [6.45, 7) is 5.35. The molecule has 4 aromatic rings. The molecular formula is C37H42N10O5. The Labute approximate surface area is 300 Å². The summed E-state index contributed by atoms with van der Waals surface area (Å²) in [4.78, 5) is 64.6. The Hall–Kier alpha value is -5.57. The van der Waals surface area contributed by atoms with Crippen LogP contribution in [0, 0.1) is 5.92 Å². The molecular weight excluding hydrogens is 664 g/mol. The van der Waals surface area contributed by atoms with Crippen molar-refractivity contribution in [3.8, 4) is 5.75 Å². The summed E-state index contributed by atoms with van der Waals surface area (Å²) < 4.78 is 7.63. The summed E-state index contributed by atoms with van der Waals surface area (Å²) in [6.07, 6.45) is 8.28. The first-order chi connectivity index (χ1) is 25.2. The molecule has 0 bridgehead atoms. The molecule has 3 saturated heterocycles. The van der Waals surface area contributed by atoms with Gasteiger partial charge in [-0.3, -0.25) is 29.2 Å². The number of piperidine rings is 3. The number of methoxy groups -OCH3 is 1. The molecule has 15 heteroatoms. The van der Waals surface area contributed by atoms with E-state index in [0.717, 1.165) is 80.6 Å². The number of ether oxygens (including phenoxy) is 1. The first-order valence-corrected chi connectivity index (χ1v) is 17.9. The minimum atomic E-state index is -0.600. The van der Waals surface area contributed by atoms with E-state index in [2.05, 4.69) is 41.1 Å². The molecule has 0 saturated carbocycles. The number of nitrogens with zero attached hydrogens (tertiary/aromatic N) is 7. The van der Waals surface area contributed by atoms with Crippen LogP contribution in [0.25, 0.3) is 10.9 Å². The van der Waals surface area contributed by atoms with Crippen LogP contribution in [0.2, 0.25) is 0 Å². The van der Waals surface area contributed by atoms with Crippen molar-refractivity contribution in [3.05, 3.63) is 65.6 Å². The predicted octanol–water partition coefficient (Wildman–Crippen LogP) is 2.98. The maximum absolute atomic E-state index is 13.3. The van der Waals surface area contributed by atoms with Gasteiger partial charge in [-0.25, -0.2) is 9.97 Å². The number of carbonyl (C=O) groups excluding carboxylic acids is 4. The number of benzene rings is 2. The summed E-state index contributed by atoms with van der Waals surface area (Å²) >= 11 is 0. The third-order valence-electron chi connectivity index (χ3n) is 10.9. The van der Waals surface area contributed by atoms with Crippen molar-refractivity contribution in [2.24, 2.45) is 5.92 Å². The van der Waals surface area contributed by atoms with E-state index in [4.69, 9.17) is 15.6 Å². The molecule has 270 valence electrons. The molecule has 6 heterocycles. The summed E-state index contributed by atoms with van der Waals surface area (Å²) in [5, 5.41) is 11.0. The van der Waals surface area contributed by atoms with E-state index in [1.807, 2.05) is 30.5 Å². The fourth-order valence-corrected chi connectivity index (χ4v) is 8.06. The summed E-state index contributed by atoms with van der Waals surface area (Å²) in [5.74, 6) is -0.0525. The average Bonchev–Trinajstić information content (AvgIpc) is 3.71. The van der Waals surface area contributed by atoms with Crippen molar-refractivity contribution in [1.82, 2.24) is 34.9 Å². The monoisotopic (exact) mass is 706 g/mol. The molecule has 1 unspecified atom stereocenters. The SMILES string of the molecule is COc1cc2nn(C3CCN(CC4CCN(c5ccc6c(c5)C(=O)N(C5CCC(=O)NC5=O)C6)CC4)CC3)cc2cc1NC(=O)c1ccnc(N)n1. The number of hydrogen-bond donors (Lipinski definition) is 3. The Morgan fingerprint density at radius 2 is 1.83 bits per heavy atom. The molecule has 8 rings (SSSR count). The molecule has 2 aromatic heterocycles. The molecule has 0 aliphatic carbocycles. The fourth-order valence-electron chi connectivity index (χ4n) is 8.06. The third kappa shape index (κ3) is 6.63. The van der Waals surface area contributed by atoms with E-state index in [-0.39, 0.29) is 41.8 Å². The number of rotatable bonds is 8. The van der Waals surface area contributed by atoms with Crippen LogP contribution in [0.1, 0.15) is 71.0 Å². The van der Waals surface area contributed by atoms with Gasteiger partial charge in [-0.15, -0.1) is 0 Å². The number of hydrogen-bond acceptors (Lipinski definition) is 11. The maximum atomic E-state index is 13.3. The molecule has 4 amide bonds. The van der Waals surface area contributed by atoms with Gasteiger partial charge < -0.3 is 30.5 Å². The number of anilines is 3. The standard InChI is InChI=1S/C37H42N10O5/c1-52-32-18-29-24(16-30(32)40-34(49)28-6-11-39-37(38)41-28)21-47(43-29)25-9-12-44(13-10-25)19-22-7-14-45(15-8-22)26-3-2-23-20-46(36(51)27(23)17-26)31-4-5-33(48)42-35(31)50/h2-3,6,11,16-18,21-22,25,31H,4-5,7-10,12-15,19-20H2,1H3,(H,40,49)(H2,38,39,41)(H,42,48,50). The zero-order valence-electron chi connectivity index (χ0n) is 29.1. The van der Waals surface area contributed by atoms with Crippen LogP contribution in [0.15, 0.2) is 48.8 Å². The highest BCUT2D eigenvalue weighted by molar-refractivity contribution is 6.06. The van der Waals surface area contributed by atoms with Crippen molar-refractivity contribution in [2.75, 3.05) is 55.8 Å². The van der Waals surface area contributed by atoms with Crippen molar-refractivity contribution in [3.63, 3.8) is 0 Å². The smallest absolute Gasteiger partial charge is 0.274 e. The van der Waals surface area contributed by atoms with Crippen LogP contribution in [0.4, 0.5) is 17.3 Å². The lowest BCUT2D eigenvalue weighted by Gasteiger charge is -2.38. The predicted molar refractivity (Wildman–Crippen MR) is 193 cm³/mol. The summed E-state index contributed by atoms with van der Waals surface area (Å²) in [5.41, 5.74) is 9.78. The summed E-state index contributed by atoms with van der Waals surface area (Å²) in [7, 11) is 1.56. The van der Waals surface area contributed by atoms with Crippen LogP contribution in [-0.2, 0) is 16.1 Å². The number of aromatic nitrogens is 4. The molecule has 3 fully saturated rings. The lowest BCUT2D eigenvalue weighted by Crippen LogP contribution is -2.52. The Kier molecular flexibility index (Phi) is 8.95. The van der Waals surface area contributed by atoms with Gasteiger partial charge in [0.15, 0.2) is 0 Å². The van der Waals surface area contributed by atoms with Gasteiger partial charge in [-0.05, 0) is 67.9 Å². The molecule has 2 aromatic carbocycles. The molecule has 4 aliphatic rings. The number of fused-ring (bicyclic) bond motifs is 2. The number of nitrogen functional groups attached to an aromatic ring is 1. The van der Waals surface area contributed by atoms with E-state index in [1.54, 1.807) is 12.0 Å². The lowest BCUT2D eigenvalue weighted by molar-refractivity contribution is -0.136. The van der Waals surface area contributed by atoms with E-state index in [9.17, 15) is 19.2 Å². The van der Waals surface area contributed by atoms with Crippen molar-refractivity contribution in [1.29, 1.82) is 0 Å². The van der Waals surface area contributed by atoms with Gasteiger partial charge >= 0.3 is 0 Å². The minimum absolute atomic E-state index is 0.0297. The Morgan fingerprint density at radius 1 is 1.02 bits per heavy atom. The topological polar surface area (TPSA) is 181 Å². The van der Waals surface area contributed by atoms with Crippen LogP contribution in [0.5, 0.6) is 5.75 Å². The number of amides is 4. The van der Waals surface area contributed by atoms with E-state index < -0.39 is 11.9 Å². The van der Waals surface area contributed by atoms with Crippen LogP contribution in [0.3, 0.4) is 0 Å². The maximum Gasteiger partial charge on any atom is 0.274 e. The number of likely N-dealkylation sites (tertiary alicyclic amines) is 1. The third-order valence-corrected chi connectivity index (χ3v) is 10.9. The van der Waals surface area contributed by atoms with Gasteiger partial charge in [0.2, 0.25) is 17.8 Å². The van der Waals surface area contributed by atoms with Gasteiger partial charge in [0.1, 0.15) is 17.5 Å². The van der Waals surface area contributed by atoms with Gasteiger partial charge in [0.25, 0.3) is 11.8 Å². The molecule has 0 radical (unpaired) electrons. The lowest BCUT2D eigenvalue weighted by atomic mass is 9.94. The number of carbonyl (C=O) groups is 4. The van der Waals surface area contributed by atoms with Crippen molar-refractivity contribution in [2.45, 2.75) is 57.2 Å². The normalized spacial score (nSPS) is 20.3. The quantitative estimate of drug-likeness (QED) is 0.229. The number of imide groups is 1. The second-order valence-electron chi connectivity index (χ2n) is 14.2. The van der Waals surface area contributed by atoms with Gasteiger partial charge in [0, 0.05) is 80.8 Å². The van der Waals surface area contributed by atoms with Crippen LogP contribution in [-0.4, -0.2) is 99.1 Å². The first kappa shape index (κ1) is 33.6. The Balaban J connectivity index is 0.833. The largest absolute Gasteiger partial charge is 0.494 e. The van der Waals surface area contributed by atoms with E-state index in [1.165, 1.54) is 12.3 Å². The zero-order valence-corrected chi connectivity index (χ0v) is 29.1. The van der Waals surface area contributed by atoms with E-state index >= 15 is 0 Å². The van der Waals surface area contributed by atoms with Crippen molar-refractivity contribution < 1.29 is 23.9 Å². The van der Waals surface area contributed by atoms with Crippen LogP contribution >= 0.6 is 0 Å². The molecule has 4 N–H and O–H groups in total. The molecule has 0 spiro atoms. The molecule has 4 aliphatic heterocycles. The number of nitrogens with two attached hydrogens (primary N) is 1. The molecule has 15 nitrogen and oxygen atoms in total. The van der Waals surface area contributed by atoms with Gasteiger partial charge in [0.05, 0.1) is 24.4 Å². The highest BCUT2D eigenvalue weighted by atomic mass is 16.5. The number of nitrogens with one attached hydrogen (secondary N) is 2. The van der Waals surface area contributed by atoms with Gasteiger partial charge in [-0.1, -0.05) is 6.07 Å². The highest BCUT2D eigenvalue weighted by Gasteiger charge is 2.39. The fraction of sp³-hybridized carbons (Fsp3) is 0.432. The Morgan fingerprint density at radius 3 is 2.58 bits per heavy atom. The highest BCUT2D eigenvalue weighted by Crippen LogP contribution is 2.34. The molecule has 1 atom stereocenters. The molecule has 52 heavy (non-hydrogen) atoms. The summed E-state index contributed by atoms with van der Waals surface area (Å²) in [6, 6.07) is 11.0. The first-order valence-electron chi connectivity index (χ1n) is 17.9. The second-order valence-corrected chi connectivity index (χ2v) is 14.2. The van der Waals surface area contributed by atoms with Crippen LogP contribution < -0.4 is 26.0 Å².